The Morgan fingerprint density at radius 2 is 1.70 bits per heavy atom. The number of likely N-dealkylation sites (tertiary alicyclic amines) is 1. The molecule has 46 heavy (non-hydrogen) atoms. The lowest BCUT2D eigenvalue weighted by molar-refractivity contribution is -0.141. The third-order valence-electron chi connectivity index (χ3n) is 9.19. The van der Waals surface area contributed by atoms with Crippen LogP contribution in [0.4, 0.5) is 4.39 Å². The number of benzene rings is 2. The van der Waals surface area contributed by atoms with Gasteiger partial charge in [0.05, 0.1) is 36.7 Å². The van der Waals surface area contributed by atoms with Gasteiger partial charge in [0, 0.05) is 44.3 Å². The third kappa shape index (κ3) is 6.45. The van der Waals surface area contributed by atoms with Gasteiger partial charge in [-0.05, 0) is 48.4 Å². The van der Waals surface area contributed by atoms with Crippen LogP contribution in [-0.2, 0) is 25.7 Å². The number of piperazine rings is 1. The standard InChI is InChI=1S/C32H35FN6O7/c33-21-7-5-20(6-8-21)31(44)39-10-9-37-17-24(39)30(43)35-14-26-29(42)28(41)25(46-26)12-27(40)36-22-11-23(32(37)45)38(16-22)15-19-3-1-18(13-34)2-4-19/h1-8,22-26,28-29,41-42H,9-12,14-17H2,(H,35,43)(H,36,40)/t22-,23-,24-,25-,26+,28-,29+/m0/s1. The number of hydrogen-bond donors (Lipinski definition) is 4. The number of amides is 4. The normalized spacial score (nSPS) is 30.5. The first-order valence-electron chi connectivity index (χ1n) is 15.3. The molecule has 2 aromatic carbocycles. The lowest BCUT2D eigenvalue weighted by atomic mass is 10.0. The van der Waals surface area contributed by atoms with Gasteiger partial charge in [0.1, 0.15) is 30.2 Å². The lowest BCUT2D eigenvalue weighted by Gasteiger charge is -2.42. The minimum atomic E-state index is -1.37. The molecule has 0 unspecified atom stereocenters. The van der Waals surface area contributed by atoms with Crippen LogP contribution in [0.2, 0.25) is 0 Å². The summed E-state index contributed by atoms with van der Waals surface area (Å²) in [4.78, 5) is 59.2. The van der Waals surface area contributed by atoms with Crippen LogP contribution in [0.15, 0.2) is 48.5 Å². The van der Waals surface area contributed by atoms with Gasteiger partial charge >= 0.3 is 0 Å². The van der Waals surface area contributed by atoms with E-state index < -0.39 is 66.1 Å². The SMILES string of the molecule is N#Cc1ccc(CN2C[C@@H]3C[C@H]2C(=O)N2CCN(C(=O)c4ccc(F)cc4)[C@@H](C2)C(=O)NC[C@H]2O[C@@H](CC(=O)N3)[C@H](O)[C@@H]2O)cc1. The first-order valence-corrected chi connectivity index (χ1v) is 15.3. The van der Waals surface area contributed by atoms with Crippen LogP contribution in [0, 0.1) is 17.1 Å². The van der Waals surface area contributed by atoms with Crippen molar-refractivity contribution in [3.63, 3.8) is 0 Å². The fourth-order valence-electron chi connectivity index (χ4n) is 6.73. The van der Waals surface area contributed by atoms with Crippen LogP contribution in [-0.4, -0.2) is 124 Å². The number of carbonyl (C=O) groups excluding carboxylic acids is 4. The average molecular weight is 635 g/mol. The van der Waals surface area contributed by atoms with Crippen LogP contribution in [0.1, 0.15) is 34.3 Å². The first kappa shape index (κ1) is 31.6. The molecular weight excluding hydrogens is 599 g/mol. The molecule has 4 heterocycles. The van der Waals surface area contributed by atoms with E-state index in [9.17, 15) is 39.0 Å². The number of rotatable bonds is 3. The molecule has 7 atom stereocenters. The van der Waals surface area contributed by atoms with Gasteiger partial charge in [0.25, 0.3) is 5.91 Å². The molecule has 14 heteroatoms. The Morgan fingerprint density at radius 3 is 2.41 bits per heavy atom. The number of nitrogens with zero attached hydrogens (tertiary/aromatic N) is 4. The van der Waals surface area contributed by atoms with Crippen molar-refractivity contribution >= 4 is 23.6 Å². The molecule has 13 nitrogen and oxygen atoms in total. The summed E-state index contributed by atoms with van der Waals surface area (Å²) in [5, 5.41) is 36.1. The number of aliphatic hydroxyl groups excluding tert-OH is 2. The summed E-state index contributed by atoms with van der Waals surface area (Å²) in [6, 6.07) is 11.9. The minimum absolute atomic E-state index is 0.0336. The molecule has 4 fully saturated rings. The molecule has 242 valence electrons. The van der Waals surface area contributed by atoms with Gasteiger partial charge in [-0.25, -0.2) is 4.39 Å². The maximum atomic E-state index is 14.1. The van der Waals surface area contributed by atoms with Crippen LogP contribution in [0.3, 0.4) is 0 Å². The fourth-order valence-corrected chi connectivity index (χ4v) is 6.73. The van der Waals surface area contributed by atoms with Crippen molar-refractivity contribution in [3.05, 3.63) is 71.0 Å². The predicted octanol–water partition coefficient (Wildman–Crippen LogP) is -0.881. The zero-order valence-electron chi connectivity index (χ0n) is 24.9. The maximum Gasteiger partial charge on any atom is 0.254 e. The first-order chi connectivity index (χ1) is 22.1. The van der Waals surface area contributed by atoms with Crippen molar-refractivity contribution in [2.45, 2.75) is 61.9 Å². The summed E-state index contributed by atoms with van der Waals surface area (Å²) in [7, 11) is 0. The van der Waals surface area contributed by atoms with E-state index in [-0.39, 0.29) is 50.5 Å². The quantitative estimate of drug-likeness (QED) is 0.334. The van der Waals surface area contributed by atoms with E-state index in [1.165, 1.54) is 17.0 Å². The molecular formula is C32H35FN6O7. The second kappa shape index (κ2) is 13.1. The molecule has 0 saturated carbocycles. The van der Waals surface area contributed by atoms with E-state index >= 15 is 0 Å². The van der Waals surface area contributed by atoms with Crippen molar-refractivity contribution in [1.29, 1.82) is 5.26 Å². The Kier molecular flexibility index (Phi) is 9.01. The van der Waals surface area contributed by atoms with Gasteiger partial charge in [-0.2, -0.15) is 5.26 Å². The zero-order chi connectivity index (χ0) is 32.5. The molecule has 4 amide bonds. The Balaban J connectivity index is 1.29. The topological polar surface area (TPSA) is 176 Å². The molecule has 0 radical (unpaired) electrons. The van der Waals surface area contributed by atoms with Gasteiger partial charge in [-0.15, -0.1) is 0 Å². The fraction of sp³-hybridized carbons (Fsp3) is 0.469. The van der Waals surface area contributed by atoms with Gasteiger partial charge < -0.3 is 35.4 Å². The van der Waals surface area contributed by atoms with E-state index in [0.29, 0.717) is 18.7 Å². The highest BCUT2D eigenvalue weighted by molar-refractivity contribution is 5.98. The molecule has 0 aliphatic carbocycles. The second-order valence-electron chi connectivity index (χ2n) is 12.2. The smallest absolute Gasteiger partial charge is 0.254 e. The number of aliphatic hydroxyl groups is 2. The summed E-state index contributed by atoms with van der Waals surface area (Å²) >= 11 is 0. The summed E-state index contributed by atoms with van der Waals surface area (Å²) in [5.41, 5.74) is 1.55. The Bertz CT molecular complexity index is 1530. The Hall–Kier alpha value is -4.42. The molecule has 6 bridgehead atoms. The molecule has 6 rings (SSSR count). The molecule has 2 aromatic rings. The number of nitriles is 1. The average Bonchev–Trinajstić information content (AvgIpc) is 3.57. The number of carbonyl (C=O) groups is 4. The second-order valence-corrected chi connectivity index (χ2v) is 12.2. The third-order valence-corrected chi connectivity index (χ3v) is 9.19. The van der Waals surface area contributed by atoms with Crippen LogP contribution >= 0.6 is 0 Å². The van der Waals surface area contributed by atoms with E-state index in [0.717, 1.165) is 17.7 Å². The number of nitrogens with one attached hydrogen (secondary N) is 2. The number of halogens is 1. The van der Waals surface area contributed by atoms with Gasteiger partial charge in [0.2, 0.25) is 17.7 Å². The molecule has 0 aromatic heterocycles. The number of ether oxygens (including phenoxy) is 1. The van der Waals surface area contributed by atoms with E-state index in [2.05, 4.69) is 16.7 Å². The highest BCUT2D eigenvalue weighted by Crippen LogP contribution is 2.27. The van der Waals surface area contributed by atoms with Crippen molar-refractivity contribution < 1.29 is 38.5 Å². The summed E-state index contributed by atoms with van der Waals surface area (Å²) in [5.74, 6) is -2.26. The van der Waals surface area contributed by atoms with Crippen molar-refractivity contribution in [2.75, 3.05) is 32.7 Å². The maximum absolute atomic E-state index is 14.1. The predicted molar refractivity (Wildman–Crippen MR) is 158 cm³/mol. The molecule has 4 aliphatic rings. The van der Waals surface area contributed by atoms with Gasteiger partial charge in [0.15, 0.2) is 0 Å². The highest BCUT2D eigenvalue weighted by Gasteiger charge is 2.47. The summed E-state index contributed by atoms with van der Waals surface area (Å²) < 4.78 is 19.4. The van der Waals surface area contributed by atoms with Gasteiger partial charge in [-0.3, -0.25) is 24.1 Å². The largest absolute Gasteiger partial charge is 0.388 e. The van der Waals surface area contributed by atoms with E-state index in [1.54, 1.807) is 17.0 Å². The molecule has 4 aliphatic heterocycles. The Morgan fingerprint density at radius 1 is 0.978 bits per heavy atom. The lowest BCUT2D eigenvalue weighted by Crippen LogP contribution is -2.63. The zero-order valence-corrected chi connectivity index (χ0v) is 24.9. The van der Waals surface area contributed by atoms with Crippen LogP contribution in [0.5, 0.6) is 0 Å². The van der Waals surface area contributed by atoms with Crippen molar-refractivity contribution in [3.8, 4) is 6.07 Å². The highest BCUT2D eigenvalue weighted by atomic mass is 19.1. The van der Waals surface area contributed by atoms with Gasteiger partial charge in [-0.1, -0.05) is 12.1 Å². The Labute approximate surface area is 264 Å². The van der Waals surface area contributed by atoms with Crippen molar-refractivity contribution in [1.82, 2.24) is 25.3 Å². The number of fused-ring (bicyclic) bond motifs is 6. The minimum Gasteiger partial charge on any atom is -0.388 e. The monoisotopic (exact) mass is 634 g/mol. The van der Waals surface area contributed by atoms with E-state index in [1.807, 2.05) is 17.0 Å². The van der Waals surface area contributed by atoms with Crippen LogP contribution < -0.4 is 10.6 Å². The summed E-state index contributed by atoms with van der Waals surface area (Å²) in [6.45, 7) is 0.559. The van der Waals surface area contributed by atoms with E-state index in [4.69, 9.17) is 4.74 Å². The summed E-state index contributed by atoms with van der Waals surface area (Å²) in [6.07, 6.45) is -4.70. The van der Waals surface area contributed by atoms with Crippen LogP contribution in [0.25, 0.3) is 0 Å². The number of hydrogen-bond acceptors (Lipinski definition) is 9. The molecule has 4 saturated heterocycles. The molecule has 0 spiro atoms. The van der Waals surface area contributed by atoms with Crippen molar-refractivity contribution in [2.24, 2.45) is 0 Å². The molecule has 4 N–H and O–H groups in total.